The van der Waals surface area contributed by atoms with Gasteiger partial charge in [-0.2, -0.15) is 23.2 Å². The van der Waals surface area contributed by atoms with Crippen LogP contribution < -0.4 is 41.1 Å². The number of para-hydroxylation sites is 4. The zero-order valence-corrected chi connectivity index (χ0v) is 28.3. The maximum absolute atomic E-state index is 6.84. The molecule has 0 fully saturated rings. The van der Waals surface area contributed by atoms with Gasteiger partial charge in [0, 0.05) is 49.5 Å². The van der Waals surface area contributed by atoms with Gasteiger partial charge in [-0.25, -0.2) is 0 Å². The number of hydrogen-bond acceptors (Lipinski definition) is 6. The lowest BCUT2D eigenvalue weighted by Crippen LogP contribution is -2.50. The van der Waals surface area contributed by atoms with Crippen LogP contribution in [-0.2, 0) is 0 Å². The average molecular weight is 676 g/mol. The summed E-state index contributed by atoms with van der Waals surface area (Å²) in [5.41, 5.74) is 11.6. The van der Waals surface area contributed by atoms with Crippen LogP contribution in [0.25, 0.3) is 0 Å². The molecule has 11 rings (SSSR count). The molecule has 0 atom stereocenters. The van der Waals surface area contributed by atoms with Gasteiger partial charge < -0.3 is 19.3 Å². The van der Waals surface area contributed by atoms with Crippen molar-refractivity contribution in [2.24, 2.45) is 0 Å². The molecule has 0 spiro atoms. The van der Waals surface area contributed by atoms with E-state index in [4.69, 9.17) is 9.47 Å². The van der Waals surface area contributed by atoms with Crippen molar-refractivity contribution in [3.8, 4) is 23.0 Å². The summed E-state index contributed by atoms with van der Waals surface area (Å²) in [5.74, 6) is 3.50. The van der Waals surface area contributed by atoms with E-state index in [0.717, 1.165) is 45.7 Å². The fourth-order valence-electron chi connectivity index (χ4n) is 7.84. The maximum Gasteiger partial charge on any atom is 0.291 e. The largest absolute Gasteiger partial charge is 0.458 e. The van der Waals surface area contributed by atoms with Gasteiger partial charge >= 0.3 is 0 Å². The first kappa shape index (κ1) is 28.4. The third-order valence-corrected chi connectivity index (χ3v) is 12.6. The van der Waals surface area contributed by atoms with E-state index < -0.39 is 0 Å². The lowest BCUT2D eigenvalue weighted by Gasteiger charge is -2.33. The van der Waals surface area contributed by atoms with Crippen molar-refractivity contribution >= 4 is 91.2 Å². The number of nitrogens with zero attached hydrogens (tertiary/aromatic N) is 2. The van der Waals surface area contributed by atoms with Gasteiger partial charge in [0.15, 0.2) is 0 Å². The van der Waals surface area contributed by atoms with E-state index in [1.54, 1.807) is 0 Å². The minimum absolute atomic E-state index is 0.0191. The Hall–Kier alpha value is -5.43. The fraction of sp³-hybridized carbons (Fsp3) is 0. The molecule has 4 aliphatic heterocycles. The molecule has 0 N–H and O–H groups in total. The van der Waals surface area contributed by atoms with Crippen LogP contribution in [0.3, 0.4) is 0 Å². The Kier molecular flexibility index (Phi) is 6.27. The molecule has 0 aliphatic carbocycles. The maximum atomic E-state index is 6.84. The van der Waals surface area contributed by atoms with E-state index in [0.29, 0.717) is 0 Å². The molecule has 0 unspecified atom stereocenters. The van der Waals surface area contributed by atoms with Crippen LogP contribution >= 0.6 is 23.2 Å². The molecule has 0 bridgehead atoms. The third-order valence-electron chi connectivity index (χ3n) is 9.97. The molecule has 0 aromatic heterocycles. The van der Waals surface area contributed by atoms with Crippen LogP contribution in [0.5, 0.6) is 23.0 Å². The number of ether oxygens (including phenoxy) is 2. The molecule has 4 heterocycles. The van der Waals surface area contributed by atoms with Gasteiger partial charge in [0.1, 0.15) is 23.0 Å². The smallest absolute Gasteiger partial charge is 0.291 e. The van der Waals surface area contributed by atoms with E-state index in [-0.39, 0.29) is 12.0 Å². The highest BCUT2D eigenvalue weighted by Gasteiger charge is 2.44. The first-order valence-electron chi connectivity index (χ1n) is 16.8. The molecule has 4 nitrogen and oxygen atoms in total. The quantitative estimate of drug-likeness (QED) is 0.170. The van der Waals surface area contributed by atoms with Crippen LogP contribution in [0.2, 0.25) is 0 Å². The molecule has 50 heavy (non-hydrogen) atoms. The Bertz CT molecular complexity index is 2330. The highest BCUT2D eigenvalue weighted by Crippen LogP contribution is 2.49. The predicted octanol–water partition coefficient (Wildman–Crippen LogP) is 9.26. The van der Waals surface area contributed by atoms with Crippen LogP contribution in [0.1, 0.15) is 0 Å². The second kappa shape index (κ2) is 11.0. The van der Waals surface area contributed by atoms with E-state index in [9.17, 15) is 0 Å². The second-order valence-corrected chi connectivity index (χ2v) is 15.1. The molecule has 4 aliphatic rings. The Labute approximate surface area is 299 Å². The lowest BCUT2D eigenvalue weighted by atomic mass is 9.54. The van der Waals surface area contributed by atoms with Gasteiger partial charge in [0.05, 0.1) is 11.4 Å². The van der Waals surface area contributed by atoms with E-state index in [2.05, 4.69) is 168 Å². The molecule has 0 saturated heterocycles. The topological polar surface area (TPSA) is 24.9 Å². The fourth-order valence-corrected chi connectivity index (χ4v) is 10.6. The van der Waals surface area contributed by atoms with Gasteiger partial charge in [0.25, 0.3) is 12.0 Å². The number of anilines is 6. The summed E-state index contributed by atoms with van der Waals surface area (Å²) < 4.78 is 13.7. The van der Waals surface area contributed by atoms with Crippen molar-refractivity contribution in [2.75, 3.05) is 9.80 Å². The first-order valence-corrected chi connectivity index (χ1v) is 18.6. The van der Waals surface area contributed by atoms with Crippen molar-refractivity contribution in [3.63, 3.8) is 0 Å². The van der Waals surface area contributed by atoms with Crippen LogP contribution in [0.4, 0.5) is 34.1 Å². The van der Waals surface area contributed by atoms with Gasteiger partial charge in [0.2, 0.25) is 0 Å². The summed E-state index contributed by atoms with van der Waals surface area (Å²) in [5, 5.41) is 0. The molecule has 0 radical (unpaired) electrons. The average Bonchev–Trinajstić information content (AvgIpc) is 3.41. The minimum Gasteiger partial charge on any atom is -0.458 e. The zero-order chi connectivity index (χ0) is 32.8. The van der Waals surface area contributed by atoms with Gasteiger partial charge in [-0.05, 0) is 83.7 Å². The molecule has 8 heteroatoms. The zero-order valence-electron chi connectivity index (χ0n) is 26.7. The Morgan fingerprint density at radius 1 is 0.380 bits per heavy atom. The summed E-state index contributed by atoms with van der Waals surface area (Å²) >= 11 is 3.80. The van der Waals surface area contributed by atoms with Crippen molar-refractivity contribution < 1.29 is 9.47 Å². The molecular formula is C42H26B2N2O2S2. The van der Waals surface area contributed by atoms with Crippen molar-refractivity contribution in [1.29, 1.82) is 0 Å². The van der Waals surface area contributed by atoms with Crippen molar-refractivity contribution in [2.45, 2.75) is 9.79 Å². The van der Waals surface area contributed by atoms with E-state index in [1.165, 1.54) is 43.0 Å². The Balaban J connectivity index is 1.12. The van der Waals surface area contributed by atoms with Crippen LogP contribution in [0.15, 0.2) is 168 Å². The van der Waals surface area contributed by atoms with Crippen LogP contribution in [-0.4, -0.2) is 12.0 Å². The van der Waals surface area contributed by atoms with E-state index >= 15 is 0 Å². The first-order chi connectivity index (χ1) is 24.8. The highest BCUT2D eigenvalue weighted by molar-refractivity contribution is 8.28. The summed E-state index contributed by atoms with van der Waals surface area (Å²) in [6.07, 6.45) is 0. The standard InChI is InChI=1S/C42H26B2N2O2S2/c1-3-13-27(14-4-1)45-31-17-7-9-23-39(31)49-43-29-25-30-38(26-37(29)47-35-21-11-19-33(45)41(35)43)48-36-22-12-20-34-42(36)44(30)50-40-24-10-8-18-32(40)46(34)28-15-5-2-6-16-28/h1-26H. The predicted molar refractivity (Wildman–Crippen MR) is 211 cm³/mol. The summed E-state index contributed by atoms with van der Waals surface area (Å²) in [4.78, 5) is 7.23. The van der Waals surface area contributed by atoms with Crippen molar-refractivity contribution in [3.05, 3.63) is 158 Å². The van der Waals surface area contributed by atoms with Gasteiger partial charge in [-0.15, -0.1) is 0 Å². The van der Waals surface area contributed by atoms with Crippen LogP contribution in [0, 0.1) is 0 Å². The van der Waals surface area contributed by atoms with Gasteiger partial charge in [-0.3, -0.25) is 0 Å². The Morgan fingerprint density at radius 3 is 1.28 bits per heavy atom. The lowest BCUT2D eigenvalue weighted by molar-refractivity contribution is 0.466. The van der Waals surface area contributed by atoms with Gasteiger partial charge in [-0.1, -0.05) is 78.9 Å². The molecule has 7 aromatic rings. The SMILES string of the molecule is c1ccc(N2c3ccccc3SB3c4cc5c(cc4Oc4cccc2c43)Oc2cccc3c2B5Sc2ccccc2N3c2ccccc2)cc1. The second-order valence-electron chi connectivity index (χ2n) is 12.8. The molecule has 0 saturated carbocycles. The molecule has 7 aromatic carbocycles. The summed E-state index contributed by atoms with van der Waals surface area (Å²) in [6.45, 7) is 0. The Morgan fingerprint density at radius 2 is 0.800 bits per heavy atom. The van der Waals surface area contributed by atoms with Crippen molar-refractivity contribution in [1.82, 2.24) is 0 Å². The minimum atomic E-state index is 0.0191. The number of benzene rings is 7. The summed E-state index contributed by atoms with van der Waals surface area (Å²) in [7, 11) is 0. The molecule has 0 amide bonds. The number of hydrogen-bond donors (Lipinski definition) is 0. The monoisotopic (exact) mass is 676 g/mol. The third kappa shape index (κ3) is 4.19. The van der Waals surface area contributed by atoms with E-state index in [1.807, 2.05) is 23.2 Å². The number of fused-ring (bicyclic) bond motifs is 6. The molecule has 234 valence electrons. The normalized spacial score (nSPS) is 14.4. The number of rotatable bonds is 2. The summed E-state index contributed by atoms with van der Waals surface area (Å²) in [6, 6.07) is 56.2. The highest BCUT2D eigenvalue weighted by atomic mass is 32.2. The molecular weight excluding hydrogens is 650 g/mol.